The standard InChI is InChI=1S/C25H23ClN4O3S/c26-22-10-7-19(16-21(22)23-11-6-17-12-13-27-24(17)29-23)28-25(31)18-4-8-20(9-5-18)30-14-2-1-3-15-34(30,32)33/h4-13,16H,1-3,14-15H2,(H,27,29)(H,28,31). The van der Waals surface area contributed by atoms with Gasteiger partial charge in [-0.25, -0.2) is 13.4 Å². The number of pyridine rings is 1. The summed E-state index contributed by atoms with van der Waals surface area (Å²) in [4.78, 5) is 20.6. The molecule has 9 heteroatoms. The number of nitrogens with zero attached hydrogens (tertiary/aromatic N) is 2. The number of rotatable bonds is 4. The van der Waals surface area contributed by atoms with Crippen molar-refractivity contribution in [1.82, 2.24) is 9.97 Å². The van der Waals surface area contributed by atoms with Gasteiger partial charge in [-0.05, 0) is 73.5 Å². The van der Waals surface area contributed by atoms with Crippen molar-refractivity contribution in [2.45, 2.75) is 19.3 Å². The summed E-state index contributed by atoms with van der Waals surface area (Å²) < 4.78 is 26.5. The smallest absolute Gasteiger partial charge is 0.255 e. The number of carbonyl (C=O) groups excluding carboxylic acids is 1. The van der Waals surface area contributed by atoms with Gasteiger partial charge in [0.25, 0.3) is 5.91 Å². The van der Waals surface area contributed by atoms with Gasteiger partial charge in [-0.3, -0.25) is 9.10 Å². The second-order valence-corrected chi connectivity index (χ2v) is 10.7. The molecule has 2 aromatic carbocycles. The predicted molar refractivity (Wildman–Crippen MR) is 136 cm³/mol. The van der Waals surface area contributed by atoms with E-state index >= 15 is 0 Å². The van der Waals surface area contributed by atoms with E-state index in [1.54, 1.807) is 42.5 Å². The molecule has 0 atom stereocenters. The van der Waals surface area contributed by atoms with Gasteiger partial charge in [0.05, 0.1) is 22.2 Å². The molecule has 1 fully saturated rings. The van der Waals surface area contributed by atoms with Crippen molar-refractivity contribution in [3.8, 4) is 11.3 Å². The molecule has 5 rings (SSSR count). The van der Waals surface area contributed by atoms with Crippen LogP contribution in [0, 0.1) is 0 Å². The second-order valence-electron chi connectivity index (χ2n) is 8.26. The number of H-pyrrole nitrogens is 1. The minimum atomic E-state index is -3.33. The van der Waals surface area contributed by atoms with E-state index in [9.17, 15) is 13.2 Å². The van der Waals surface area contributed by atoms with Gasteiger partial charge in [-0.2, -0.15) is 0 Å². The largest absolute Gasteiger partial charge is 0.346 e. The Morgan fingerprint density at radius 2 is 1.82 bits per heavy atom. The molecule has 1 aliphatic rings. The molecule has 0 spiro atoms. The van der Waals surface area contributed by atoms with Crippen LogP contribution >= 0.6 is 11.6 Å². The lowest BCUT2D eigenvalue weighted by Gasteiger charge is -2.22. The third-order valence-corrected chi connectivity index (χ3v) is 8.13. The number of sulfonamides is 1. The van der Waals surface area contributed by atoms with Crippen molar-refractivity contribution in [3.63, 3.8) is 0 Å². The van der Waals surface area contributed by atoms with Crippen LogP contribution in [0.3, 0.4) is 0 Å². The first-order valence-electron chi connectivity index (χ1n) is 11.1. The molecule has 0 bridgehead atoms. The van der Waals surface area contributed by atoms with Gasteiger partial charge < -0.3 is 10.3 Å². The summed E-state index contributed by atoms with van der Waals surface area (Å²) in [5.41, 5.74) is 3.75. The monoisotopic (exact) mass is 494 g/mol. The van der Waals surface area contributed by atoms with E-state index in [2.05, 4.69) is 15.3 Å². The predicted octanol–water partition coefficient (Wildman–Crippen LogP) is 5.46. The Kier molecular flexibility index (Phi) is 6.02. The number of fused-ring (bicyclic) bond motifs is 1. The van der Waals surface area contributed by atoms with E-state index in [0.717, 1.165) is 23.9 Å². The summed E-state index contributed by atoms with van der Waals surface area (Å²) in [7, 11) is -3.33. The average molecular weight is 495 g/mol. The number of benzene rings is 2. The molecule has 34 heavy (non-hydrogen) atoms. The van der Waals surface area contributed by atoms with Gasteiger partial charge in [0.15, 0.2) is 0 Å². The lowest BCUT2D eigenvalue weighted by Crippen LogP contribution is -2.32. The fourth-order valence-electron chi connectivity index (χ4n) is 4.12. The molecule has 2 N–H and O–H groups in total. The quantitative estimate of drug-likeness (QED) is 0.394. The average Bonchev–Trinajstić information content (AvgIpc) is 3.22. The minimum Gasteiger partial charge on any atom is -0.346 e. The highest BCUT2D eigenvalue weighted by Crippen LogP contribution is 2.31. The Labute approximate surface area is 202 Å². The number of halogens is 1. The first-order chi connectivity index (χ1) is 16.4. The number of aromatic nitrogens is 2. The summed E-state index contributed by atoms with van der Waals surface area (Å²) in [6, 6.07) is 17.7. The lowest BCUT2D eigenvalue weighted by atomic mass is 10.1. The number of hydrogen-bond acceptors (Lipinski definition) is 4. The molecule has 2 aromatic heterocycles. The Bertz CT molecular complexity index is 1470. The number of amides is 1. The second kappa shape index (κ2) is 9.12. The van der Waals surface area contributed by atoms with Crippen LogP contribution in [-0.2, 0) is 10.0 Å². The SMILES string of the molecule is O=C(Nc1ccc(Cl)c(-c2ccc3cc[nH]c3n2)c1)c1ccc(N2CCCCCS2(=O)=O)cc1. The van der Waals surface area contributed by atoms with E-state index < -0.39 is 10.0 Å². The minimum absolute atomic E-state index is 0.153. The van der Waals surface area contributed by atoms with Crippen LogP contribution in [0.25, 0.3) is 22.3 Å². The van der Waals surface area contributed by atoms with Crippen LogP contribution in [0.2, 0.25) is 5.02 Å². The van der Waals surface area contributed by atoms with Crippen LogP contribution in [0.1, 0.15) is 29.6 Å². The lowest BCUT2D eigenvalue weighted by molar-refractivity contribution is 0.102. The highest BCUT2D eigenvalue weighted by atomic mass is 35.5. The van der Waals surface area contributed by atoms with Gasteiger partial charge >= 0.3 is 0 Å². The van der Waals surface area contributed by atoms with Crippen molar-refractivity contribution < 1.29 is 13.2 Å². The van der Waals surface area contributed by atoms with E-state index in [1.165, 1.54) is 4.31 Å². The van der Waals surface area contributed by atoms with Crippen LogP contribution in [0.5, 0.6) is 0 Å². The number of hydrogen-bond donors (Lipinski definition) is 2. The zero-order valence-electron chi connectivity index (χ0n) is 18.3. The highest BCUT2D eigenvalue weighted by Gasteiger charge is 2.24. The Morgan fingerprint density at radius 3 is 2.65 bits per heavy atom. The number of anilines is 2. The molecule has 0 saturated carbocycles. The molecular formula is C25H23ClN4O3S. The normalized spacial score (nSPS) is 15.7. The summed E-state index contributed by atoms with van der Waals surface area (Å²) >= 11 is 6.42. The van der Waals surface area contributed by atoms with Crippen molar-refractivity contribution in [1.29, 1.82) is 0 Å². The molecule has 7 nitrogen and oxygen atoms in total. The summed E-state index contributed by atoms with van der Waals surface area (Å²) in [6.45, 7) is 0.462. The summed E-state index contributed by atoms with van der Waals surface area (Å²) in [6.07, 6.45) is 4.23. The molecule has 0 unspecified atom stereocenters. The summed E-state index contributed by atoms with van der Waals surface area (Å²) in [5.74, 6) is -0.147. The van der Waals surface area contributed by atoms with Crippen molar-refractivity contribution in [2.75, 3.05) is 21.9 Å². The molecule has 1 aliphatic heterocycles. The third kappa shape index (κ3) is 4.51. The van der Waals surface area contributed by atoms with Crippen molar-refractivity contribution in [2.24, 2.45) is 0 Å². The fourth-order valence-corrected chi connectivity index (χ4v) is 5.97. The van der Waals surface area contributed by atoms with Gasteiger partial charge in [-0.15, -0.1) is 0 Å². The van der Waals surface area contributed by atoms with Gasteiger partial charge in [-0.1, -0.05) is 18.0 Å². The number of carbonyl (C=O) groups is 1. The van der Waals surface area contributed by atoms with E-state index in [0.29, 0.717) is 46.2 Å². The molecule has 1 saturated heterocycles. The molecular weight excluding hydrogens is 472 g/mol. The van der Waals surface area contributed by atoms with E-state index in [1.807, 2.05) is 24.4 Å². The first kappa shape index (κ1) is 22.4. The molecule has 0 radical (unpaired) electrons. The van der Waals surface area contributed by atoms with Crippen LogP contribution < -0.4 is 9.62 Å². The van der Waals surface area contributed by atoms with Gasteiger partial charge in [0.1, 0.15) is 5.65 Å². The topological polar surface area (TPSA) is 95.2 Å². The van der Waals surface area contributed by atoms with Crippen molar-refractivity contribution in [3.05, 3.63) is 77.4 Å². The maximum Gasteiger partial charge on any atom is 0.255 e. The first-order valence-corrected chi connectivity index (χ1v) is 13.1. The van der Waals surface area contributed by atoms with Gasteiger partial charge in [0, 0.05) is 34.9 Å². The molecule has 1 amide bonds. The highest BCUT2D eigenvalue weighted by molar-refractivity contribution is 7.92. The van der Waals surface area contributed by atoms with Crippen LogP contribution in [0.15, 0.2) is 66.9 Å². The molecule has 3 heterocycles. The van der Waals surface area contributed by atoms with Gasteiger partial charge in [0.2, 0.25) is 10.0 Å². The Hall–Kier alpha value is -3.36. The Morgan fingerprint density at radius 1 is 1.00 bits per heavy atom. The maximum absolute atomic E-state index is 12.9. The Balaban J connectivity index is 1.35. The molecule has 4 aromatic rings. The fraction of sp³-hybridized carbons (Fsp3) is 0.200. The molecule has 0 aliphatic carbocycles. The van der Waals surface area contributed by atoms with Crippen LogP contribution in [0.4, 0.5) is 11.4 Å². The third-order valence-electron chi connectivity index (χ3n) is 5.93. The molecule has 174 valence electrons. The van der Waals surface area contributed by atoms with Crippen molar-refractivity contribution >= 4 is 49.9 Å². The van der Waals surface area contributed by atoms with Crippen LogP contribution in [-0.4, -0.2) is 36.6 Å². The van der Waals surface area contributed by atoms with E-state index in [-0.39, 0.29) is 11.7 Å². The zero-order valence-corrected chi connectivity index (χ0v) is 19.9. The summed E-state index contributed by atoms with van der Waals surface area (Å²) in [5, 5.41) is 4.42. The number of nitrogens with one attached hydrogen (secondary N) is 2. The number of aromatic amines is 1. The zero-order chi connectivity index (χ0) is 23.7. The maximum atomic E-state index is 12.9. The van der Waals surface area contributed by atoms with E-state index in [4.69, 9.17) is 11.6 Å².